The monoisotopic (exact) mass is 245 g/mol. The van der Waals surface area contributed by atoms with Crippen LogP contribution < -0.4 is 10.9 Å². The van der Waals surface area contributed by atoms with Crippen molar-refractivity contribution in [3.05, 3.63) is 45.6 Å². The molecule has 0 aliphatic carbocycles. The van der Waals surface area contributed by atoms with Crippen LogP contribution in [0.2, 0.25) is 0 Å². The maximum Gasteiger partial charge on any atom is 0.258 e. The van der Waals surface area contributed by atoms with Crippen LogP contribution >= 0.6 is 0 Å². The van der Waals surface area contributed by atoms with E-state index in [1.54, 1.807) is 13.8 Å². The van der Waals surface area contributed by atoms with Gasteiger partial charge in [-0.2, -0.15) is 5.10 Å². The number of hydrogen-bond acceptors (Lipinski definition) is 5. The van der Waals surface area contributed by atoms with E-state index in [-0.39, 0.29) is 17.1 Å². The zero-order valence-corrected chi connectivity index (χ0v) is 9.89. The number of aromatic amines is 1. The van der Waals surface area contributed by atoms with Gasteiger partial charge >= 0.3 is 0 Å². The van der Waals surface area contributed by atoms with Crippen molar-refractivity contribution in [2.24, 2.45) is 0 Å². The number of aryl methyl sites for hydroxylation is 2. The van der Waals surface area contributed by atoms with Crippen LogP contribution in [-0.4, -0.2) is 26.1 Å². The lowest BCUT2D eigenvalue weighted by atomic mass is 10.2. The van der Waals surface area contributed by atoms with Crippen LogP contribution in [0.4, 0.5) is 5.95 Å². The molecule has 2 heterocycles. The first-order valence-electron chi connectivity index (χ1n) is 5.24. The molecule has 1 amide bonds. The molecule has 2 aromatic heterocycles. The fraction of sp³-hybridized carbons (Fsp3) is 0.182. The summed E-state index contributed by atoms with van der Waals surface area (Å²) in [6, 6.07) is 2.69. The summed E-state index contributed by atoms with van der Waals surface area (Å²) in [5.74, 6) is -0.338. The first-order chi connectivity index (χ1) is 8.56. The van der Waals surface area contributed by atoms with Crippen molar-refractivity contribution < 1.29 is 4.79 Å². The van der Waals surface area contributed by atoms with Crippen molar-refractivity contribution in [3.8, 4) is 0 Å². The molecule has 0 atom stereocenters. The van der Waals surface area contributed by atoms with Gasteiger partial charge in [0.15, 0.2) is 0 Å². The van der Waals surface area contributed by atoms with Crippen LogP contribution in [0.1, 0.15) is 21.7 Å². The minimum absolute atomic E-state index is 0.114. The summed E-state index contributed by atoms with van der Waals surface area (Å²) in [6.07, 6.45) is 1.40. The lowest BCUT2D eigenvalue weighted by molar-refractivity contribution is 0.102. The first kappa shape index (κ1) is 11.9. The molecule has 7 heteroatoms. The predicted octanol–water partition coefficient (Wildman–Crippen LogP) is 0.429. The molecule has 0 aliphatic heterocycles. The van der Waals surface area contributed by atoms with Gasteiger partial charge in [0, 0.05) is 17.8 Å². The second kappa shape index (κ2) is 4.74. The lowest BCUT2D eigenvalue weighted by Gasteiger charge is -2.04. The highest BCUT2D eigenvalue weighted by molar-refractivity contribution is 6.03. The van der Waals surface area contributed by atoms with Crippen LogP contribution in [0.3, 0.4) is 0 Å². The number of aromatic nitrogens is 4. The minimum atomic E-state index is -0.453. The molecule has 0 spiro atoms. The van der Waals surface area contributed by atoms with Gasteiger partial charge in [0.1, 0.15) is 0 Å². The topological polar surface area (TPSA) is 101 Å². The summed E-state index contributed by atoms with van der Waals surface area (Å²) in [4.78, 5) is 29.4. The van der Waals surface area contributed by atoms with E-state index in [1.165, 1.54) is 18.3 Å². The Bertz CT molecular complexity index is 650. The molecule has 2 aromatic rings. The van der Waals surface area contributed by atoms with Crippen LogP contribution in [0, 0.1) is 13.8 Å². The van der Waals surface area contributed by atoms with Crippen molar-refractivity contribution in [1.29, 1.82) is 0 Å². The third-order valence-corrected chi connectivity index (χ3v) is 2.35. The average Bonchev–Trinajstić information content (AvgIpc) is 2.34. The summed E-state index contributed by atoms with van der Waals surface area (Å²) in [5.41, 5.74) is 1.28. The molecule has 0 aliphatic rings. The maximum absolute atomic E-state index is 11.8. The SMILES string of the molecule is Cc1nnc(NC(=O)c2cc[nH]c(=O)c2)nc1C. The predicted molar refractivity (Wildman–Crippen MR) is 64.3 cm³/mol. The van der Waals surface area contributed by atoms with E-state index >= 15 is 0 Å². The Morgan fingerprint density at radius 3 is 2.72 bits per heavy atom. The van der Waals surface area contributed by atoms with Gasteiger partial charge in [-0.15, -0.1) is 5.10 Å². The molecule has 0 saturated heterocycles. The highest BCUT2D eigenvalue weighted by Crippen LogP contribution is 2.04. The van der Waals surface area contributed by atoms with Gasteiger partial charge < -0.3 is 4.98 Å². The quantitative estimate of drug-likeness (QED) is 0.799. The summed E-state index contributed by atoms with van der Waals surface area (Å²) in [7, 11) is 0. The van der Waals surface area contributed by atoms with Gasteiger partial charge in [-0.1, -0.05) is 0 Å². The van der Waals surface area contributed by atoms with Crippen LogP contribution in [0.5, 0.6) is 0 Å². The number of anilines is 1. The largest absolute Gasteiger partial charge is 0.329 e. The second-order valence-electron chi connectivity index (χ2n) is 3.70. The summed E-state index contributed by atoms with van der Waals surface area (Å²) in [5, 5.41) is 10.1. The average molecular weight is 245 g/mol. The number of hydrogen-bond donors (Lipinski definition) is 2. The first-order valence-corrected chi connectivity index (χ1v) is 5.24. The highest BCUT2D eigenvalue weighted by Gasteiger charge is 2.09. The molecule has 2 rings (SSSR count). The van der Waals surface area contributed by atoms with Gasteiger partial charge in [0.05, 0.1) is 11.4 Å². The number of amides is 1. The molecule has 0 saturated carbocycles. The third kappa shape index (κ3) is 2.57. The second-order valence-corrected chi connectivity index (χ2v) is 3.70. The number of rotatable bonds is 2. The van der Waals surface area contributed by atoms with Crippen molar-refractivity contribution in [2.45, 2.75) is 13.8 Å². The lowest BCUT2D eigenvalue weighted by Crippen LogP contribution is -2.18. The standard InChI is InChI=1S/C11H11N5O2/c1-6-7(2)15-16-11(13-6)14-10(18)8-3-4-12-9(17)5-8/h3-5H,1-2H3,(H,12,17)(H,13,14,16,18). The van der Waals surface area contributed by atoms with E-state index in [4.69, 9.17) is 0 Å². The van der Waals surface area contributed by atoms with Crippen LogP contribution in [0.25, 0.3) is 0 Å². The van der Waals surface area contributed by atoms with Gasteiger partial charge in [0.2, 0.25) is 11.5 Å². The molecule has 92 valence electrons. The van der Waals surface area contributed by atoms with E-state index < -0.39 is 5.91 Å². The molecule has 0 radical (unpaired) electrons. The fourth-order valence-corrected chi connectivity index (χ4v) is 1.27. The maximum atomic E-state index is 11.8. The molecule has 2 N–H and O–H groups in total. The van der Waals surface area contributed by atoms with E-state index in [1.807, 2.05) is 0 Å². The van der Waals surface area contributed by atoms with E-state index in [0.29, 0.717) is 11.4 Å². The Kier molecular flexibility index (Phi) is 3.13. The highest BCUT2D eigenvalue weighted by atomic mass is 16.2. The van der Waals surface area contributed by atoms with Gasteiger partial charge in [-0.25, -0.2) is 4.98 Å². The Morgan fingerprint density at radius 2 is 2.06 bits per heavy atom. The number of carbonyl (C=O) groups excluding carboxylic acids is 1. The van der Waals surface area contributed by atoms with Crippen molar-refractivity contribution in [1.82, 2.24) is 20.2 Å². The Balaban J connectivity index is 2.21. The summed E-state index contributed by atoms with van der Waals surface area (Å²) in [6.45, 7) is 3.55. The number of nitrogens with zero attached hydrogens (tertiary/aromatic N) is 3. The van der Waals surface area contributed by atoms with Gasteiger partial charge in [-0.05, 0) is 19.9 Å². The van der Waals surface area contributed by atoms with Crippen molar-refractivity contribution in [2.75, 3.05) is 5.32 Å². The van der Waals surface area contributed by atoms with Crippen LogP contribution in [-0.2, 0) is 0 Å². The van der Waals surface area contributed by atoms with E-state index in [0.717, 1.165) is 0 Å². The summed E-state index contributed by atoms with van der Waals surface area (Å²) >= 11 is 0. The van der Waals surface area contributed by atoms with Gasteiger partial charge in [0.25, 0.3) is 5.91 Å². The zero-order valence-electron chi connectivity index (χ0n) is 9.89. The minimum Gasteiger partial charge on any atom is -0.329 e. The summed E-state index contributed by atoms with van der Waals surface area (Å²) < 4.78 is 0. The molecular formula is C11H11N5O2. The smallest absolute Gasteiger partial charge is 0.258 e. The third-order valence-electron chi connectivity index (χ3n) is 2.35. The number of nitrogens with one attached hydrogen (secondary N) is 2. The molecule has 0 fully saturated rings. The Hall–Kier alpha value is -2.57. The van der Waals surface area contributed by atoms with E-state index in [2.05, 4.69) is 25.5 Å². The molecule has 7 nitrogen and oxygen atoms in total. The fourth-order valence-electron chi connectivity index (χ4n) is 1.27. The Morgan fingerprint density at radius 1 is 1.28 bits per heavy atom. The molecule has 0 bridgehead atoms. The van der Waals surface area contributed by atoms with E-state index in [9.17, 15) is 9.59 Å². The number of H-pyrrole nitrogens is 1. The van der Waals surface area contributed by atoms with Crippen molar-refractivity contribution >= 4 is 11.9 Å². The number of carbonyl (C=O) groups is 1. The molecule has 18 heavy (non-hydrogen) atoms. The molecule has 0 unspecified atom stereocenters. The van der Waals surface area contributed by atoms with Gasteiger partial charge in [-0.3, -0.25) is 14.9 Å². The Labute approximate surface area is 102 Å². The molecular weight excluding hydrogens is 234 g/mol. The van der Waals surface area contributed by atoms with Crippen molar-refractivity contribution in [3.63, 3.8) is 0 Å². The number of pyridine rings is 1. The molecule has 0 aromatic carbocycles. The normalized spacial score (nSPS) is 10.1. The zero-order chi connectivity index (χ0) is 13.1. The van der Waals surface area contributed by atoms with Crippen LogP contribution in [0.15, 0.2) is 23.1 Å².